The molecule has 0 saturated heterocycles. The van der Waals surface area contributed by atoms with Crippen LogP contribution in [-0.2, 0) is 4.79 Å². The van der Waals surface area contributed by atoms with Gasteiger partial charge >= 0.3 is 0 Å². The fraction of sp³-hybridized carbons (Fsp3) is 0.857. The lowest BCUT2D eigenvalue weighted by atomic mass is 10.2. The van der Waals surface area contributed by atoms with Gasteiger partial charge < -0.3 is 11.1 Å². The van der Waals surface area contributed by atoms with E-state index in [0.29, 0.717) is 6.04 Å². The third kappa shape index (κ3) is 3.45. The number of nitrogens with two attached hydrogens (primary N) is 1. The minimum absolute atomic E-state index is 0.213. The van der Waals surface area contributed by atoms with Crippen molar-refractivity contribution in [3.05, 3.63) is 0 Å². The lowest BCUT2D eigenvalue weighted by Crippen LogP contribution is -2.43. The quantitative estimate of drug-likeness (QED) is 0.594. The summed E-state index contributed by atoms with van der Waals surface area (Å²) >= 11 is 0. The predicted octanol–water partition coefficient (Wildman–Crippen LogP) is 0.248. The molecule has 0 aliphatic heterocycles. The molecule has 0 bridgehead atoms. The number of nitrogens with one attached hydrogen (secondary N) is 1. The van der Waals surface area contributed by atoms with Crippen molar-refractivity contribution >= 4 is 5.91 Å². The minimum Gasteiger partial charge on any atom is -0.368 e. The van der Waals surface area contributed by atoms with Crippen LogP contribution >= 0.6 is 0 Å². The summed E-state index contributed by atoms with van der Waals surface area (Å²) in [4.78, 5) is 10.5. The van der Waals surface area contributed by atoms with Crippen LogP contribution in [0.25, 0.3) is 0 Å². The Hall–Kier alpha value is -0.570. The molecular formula is C7H16N2O. The molecule has 0 aromatic heterocycles. The van der Waals surface area contributed by atoms with Crippen LogP contribution in [0.1, 0.15) is 27.2 Å². The van der Waals surface area contributed by atoms with E-state index in [4.69, 9.17) is 5.73 Å². The second kappa shape index (κ2) is 4.28. The van der Waals surface area contributed by atoms with Crippen LogP contribution in [0.2, 0.25) is 0 Å². The molecule has 0 aromatic rings. The average Bonchev–Trinajstić information content (AvgIpc) is 1.87. The Labute approximate surface area is 62.0 Å². The standard InChI is InChI=1S/C7H16N2O/c1-4-5(2)9-6(3)7(8)10/h5-6,9H,4H2,1-3H3,(H2,8,10)/t5?,6-/m0/s1. The normalized spacial score (nSPS) is 16.3. The van der Waals surface area contributed by atoms with Crippen LogP contribution in [0.4, 0.5) is 0 Å². The zero-order chi connectivity index (χ0) is 8.15. The van der Waals surface area contributed by atoms with E-state index in [0.717, 1.165) is 6.42 Å². The molecule has 3 N–H and O–H groups in total. The van der Waals surface area contributed by atoms with E-state index in [2.05, 4.69) is 12.2 Å². The molecule has 0 saturated carbocycles. The first-order valence-electron chi connectivity index (χ1n) is 3.63. The summed E-state index contributed by atoms with van der Waals surface area (Å²) in [5, 5.41) is 3.05. The van der Waals surface area contributed by atoms with Crippen LogP contribution < -0.4 is 11.1 Å². The summed E-state index contributed by atoms with van der Waals surface area (Å²) in [6, 6.07) is 0.150. The smallest absolute Gasteiger partial charge is 0.234 e. The molecule has 3 nitrogen and oxygen atoms in total. The van der Waals surface area contributed by atoms with Crippen molar-refractivity contribution in [1.29, 1.82) is 0 Å². The predicted molar refractivity (Wildman–Crippen MR) is 41.5 cm³/mol. The minimum atomic E-state index is -0.291. The van der Waals surface area contributed by atoms with Gasteiger partial charge in [0.05, 0.1) is 6.04 Å². The van der Waals surface area contributed by atoms with E-state index in [9.17, 15) is 4.79 Å². The molecule has 0 heterocycles. The number of hydrogen-bond acceptors (Lipinski definition) is 2. The number of hydrogen-bond donors (Lipinski definition) is 2. The van der Waals surface area contributed by atoms with E-state index < -0.39 is 0 Å². The van der Waals surface area contributed by atoms with Crippen LogP contribution in [0.15, 0.2) is 0 Å². The summed E-state index contributed by atoms with van der Waals surface area (Å²) in [6.07, 6.45) is 1.01. The maximum absolute atomic E-state index is 10.5. The molecule has 0 aromatic carbocycles. The van der Waals surface area contributed by atoms with Gasteiger partial charge in [-0.3, -0.25) is 4.79 Å². The Kier molecular flexibility index (Phi) is 4.03. The van der Waals surface area contributed by atoms with Gasteiger partial charge in [0.25, 0.3) is 0 Å². The zero-order valence-electron chi connectivity index (χ0n) is 6.85. The first kappa shape index (κ1) is 9.43. The first-order valence-corrected chi connectivity index (χ1v) is 3.63. The Bertz CT molecular complexity index is 114. The van der Waals surface area contributed by atoms with Crippen LogP contribution in [0, 0.1) is 0 Å². The number of carbonyl (C=O) groups is 1. The Balaban J connectivity index is 3.56. The summed E-state index contributed by atoms with van der Waals surface area (Å²) in [5.41, 5.74) is 5.04. The molecule has 60 valence electrons. The number of carbonyl (C=O) groups excluding carboxylic acids is 1. The monoisotopic (exact) mass is 144 g/mol. The van der Waals surface area contributed by atoms with Crippen molar-refractivity contribution < 1.29 is 4.79 Å². The number of primary amides is 1. The highest BCUT2D eigenvalue weighted by Crippen LogP contribution is 1.90. The van der Waals surface area contributed by atoms with E-state index in [-0.39, 0.29) is 11.9 Å². The van der Waals surface area contributed by atoms with Gasteiger partial charge in [0, 0.05) is 6.04 Å². The Morgan fingerprint density at radius 2 is 2.10 bits per heavy atom. The SMILES string of the molecule is CCC(C)N[C@@H](C)C(N)=O. The van der Waals surface area contributed by atoms with Gasteiger partial charge in [-0.05, 0) is 20.3 Å². The van der Waals surface area contributed by atoms with Crippen molar-refractivity contribution in [2.45, 2.75) is 39.3 Å². The Morgan fingerprint density at radius 3 is 2.40 bits per heavy atom. The molecule has 10 heavy (non-hydrogen) atoms. The van der Waals surface area contributed by atoms with Gasteiger partial charge in [-0.25, -0.2) is 0 Å². The average molecular weight is 144 g/mol. The third-order valence-electron chi connectivity index (χ3n) is 1.57. The van der Waals surface area contributed by atoms with E-state index in [1.807, 2.05) is 6.92 Å². The second-order valence-electron chi connectivity index (χ2n) is 2.60. The zero-order valence-corrected chi connectivity index (χ0v) is 6.85. The molecule has 0 rings (SSSR count). The summed E-state index contributed by atoms with van der Waals surface area (Å²) < 4.78 is 0. The van der Waals surface area contributed by atoms with E-state index >= 15 is 0 Å². The van der Waals surface area contributed by atoms with Gasteiger partial charge in [-0.1, -0.05) is 6.92 Å². The molecule has 0 aliphatic carbocycles. The van der Waals surface area contributed by atoms with Crippen molar-refractivity contribution in [1.82, 2.24) is 5.32 Å². The molecule has 1 amide bonds. The lowest BCUT2D eigenvalue weighted by molar-refractivity contribution is -0.119. The van der Waals surface area contributed by atoms with Crippen molar-refractivity contribution in [3.8, 4) is 0 Å². The molecule has 0 aliphatic rings. The maximum Gasteiger partial charge on any atom is 0.234 e. The topological polar surface area (TPSA) is 55.1 Å². The summed E-state index contributed by atoms with van der Waals surface area (Å²) in [5.74, 6) is -0.291. The van der Waals surface area contributed by atoms with Crippen LogP contribution in [0.3, 0.4) is 0 Å². The molecule has 0 spiro atoms. The van der Waals surface area contributed by atoms with Gasteiger partial charge in [-0.15, -0.1) is 0 Å². The number of amides is 1. The third-order valence-corrected chi connectivity index (χ3v) is 1.57. The first-order chi connectivity index (χ1) is 4.57. The Morgan fingerprint density at radius 1 is 1.60 bits per heavy atom. The fourth-order valence-electron chi connectivity index (χ4n) is 0.627. The lowest BCUT2D eigenvalue weighted by Gasteiger charge is -2.15. The van der Waals surface area contributed by atoms with Gasteiger partial charge in [0.1, 0.15) is 0 Å². The van der Waals surface area contributed by atoms with Crippen molar-refractivity contribution in [2.75, 3.05) is 0 Å². The summed E-state index contributed by atoms with van der Waals surface area (Å²) in [6.45, 7) is 5.86. The van der Waals surface area contributed by atoms with E-state index in [1.165, 1.54) is 0 Å². The summed E-state index contributed by atoms with van der Waals surface area (Å²) in [7, 11) is 0. The molecule has 2 atom stereocenters. The van der Waals surface area contributed by atoms with Crippen molar-refractivity contribution in [2.24, 2.45) is 5.73 Å². The second-order valence-corrected chi connectivity index (χ2v) is 2.60. The molecule has 0 radical (unpaired) electrons. The van der Waals surface area contributed by atoms with E-state index in [1.54, 1.807) is 6.92 Å². The van der Waals surface area contributed by atoms with Gasteiger partial charge in [0.2, 0.25) is 5.91 Å². The van der Waals surface area contributed by atoms with Gasteiger partial charge in [-0.2, -0.15) is 0 Å². The molecule has 0 fully saturated rings. The highest BCUT2D eigenvalue weighted by atomic mass is 16.1. The largest absolute Gasteiger partial charge is 0.368 e. The number of rotatable bonds is 4. The van der Waals surface area contributed by atoms with Gasteiger partial charge in [0.15, 0.2) is 0 Å². The highest BCUT2D eigenvalue weighted by molar-refractivity contribution is 5.79. The van der Waals surface area contributed by atoms with Crippen molar-refractivity contribution in [3.63, 3.8) is 0 Å². The van der Waals surface area contributed by atoms with Crippen LogP contribution in [0.5, 0.6) is 0 Å². The molecule has 3 heteroatoms. The highest BCUT2D eigenvalue weighted by Gasteiger charge is 2.09. The fourth-order valence-corrected chi connectivity index (χ4v) is 0.627. The maximum atomic E-state index is 10.5. The molecular weight excluding hydrogens is 128 g/mol. The van der Waals surface area contributed by atoms with Crippen LogP contribution in [-0.4, -0.2) is 18.0 Å². The molecule has 1 unspecified atom stereocenters.